The lowest BCUT2D eigenvalue weighted by Gasteiger charge is -2.19. The Morgan fingerprint density at radius 1 is 1.10 bits per heavy atom. The summed E-state index contributed by atoms with van der Waals surface area (Å²) in [5.74, 6) is 3.36. The molecule has 2 rings (SSSR count). The van der Waals surface area contributed by atoms with Crippen LogP contribution in [-0.2, 0) is 0 Å². The van der Waals surface area contributed by atoms with Gasteiger partial charge in [0.25, 0.3) is 0 Å². The Morgan fingerprint density at radius 3 is 1.70 bits per heavy atom. The normalized spacial score (nSPS) is 47.9. The van der Waals surface area contributed by atoms with Gasteiger partial charge in [-0.1, -0.05) is 12.7 Å². The molecule has 0 heterocycles. The highest BCUT2D eigenvalue weighted by molar-refractivity contribution is 6.11. The molecule has 0 amide bonds. The van der Waals surface area contributed by atoms with Crippen molar-refractivity contribution in [1.29, 1.82) is 0 Å². The largest absolute Gasteiger partial charge is 0.0769 e. The molecule has 0 aromatic rings. The van der Waals surface area contributed by atoms with Crippen LogP contribution in [0.3, 0.4) is 0 Å². The molecule has 1 heteroatoms. The van der Waals surface area contributed by atoms with Crippen molar-refractivity contribution in [2.75, 3.05) is 0 Å². The number of hydrogen-bond donors (Lipinski definition) is 0. The van der Waals surface area contributed by atoms with E-state index in [1.807, 2.05) is 0 Å². The zero-order valence-corrected chi connectivity index (χ0v) is 6.72. The minimum atomic E-state index is 0.458. The fourth-order valence-electron chi connectivity index (χ4n) is 3.16. The lowest BCUT2D eigenvalue weighted by Crippen LogP contribution is -2.11. The van der Waals surface area contributed by atoms with E-state index in [-0.39, 0.29) is 0 Å². The first-order valence-electron chi connectivity index (χ1n) is 4.54. The van der Waals surface area contributed by atoms with Crippen LogP contribution in [0.1, 0.15) is 32.6 Å². The maximum atomic E-state index is 5.92. The van der Waals surface area contributed by atoms with Crippen LogP contribution in [0.2, 0.25) is 5.82 Å². The molecule has 2 radical (unpaired) electrons. The van der Waals surface area contributed by atoms with Gasteiger partial charge < -0.3 is 0 Å². The van der Waals surface area contributed by atoms with Crippen LogP contribution in [0.25, 0.3) is 0 Å². The van der Waals surface area contributed by atoms with E-state index in [4.69, 9.17) is 7.85 Å². The van der Waals surface area contributed by atoms with Gasteiger partial charge in [0.1, 0.15) is 0 Å². The van der Waals surface area contributed by atoms with E-state index in [2.05, 4.69) is 6.92 Å². The lowest BCUT2D eigenvalue weighted by atomic mass is 9.73. The van der Waals surface area contributed by atoms with E-state index in [1.54, 1.807) is 0 Å². The molecule has 0 aromatic carbocycles. The summed E-state index contributed by atoms with van der Waals surface area (Å²) >= 11 is 0. The molecule has 1 atom stereocenters. The Kier molecular flexibility index (Phi) is 1.54. The standard InChI is InChI=1S/C9H15B/c1-6(10)9-7-2-3-8(9)5-4-7/h6-9H,2-5H2,1H3. The Balaban J connectivity index is 2.09. The van der Waals surface area contributed by atoms with Gasteiger partial charge in [-0.05, 0) is 43.4 Å². The third-order valence-electron chi connectivity index (χ3n) is 3.51. The summed E-state index contributed by atoms with van der Waals surface area (Å²) in [6.45, 7) is 2.18. The molecular weight excluding hydrogens is 119 g/mol. The summed E-state index contributed by atoms with van der Waals surface area (Å²) in [5.41, 5.74) is 0. The van der Waals surface area contributed by atoms with Crippen LogP contribution >= 0.6 is 0 Å². The van der Waals surface area contributed by atoms with Crippen LogP contribution in [0.4, 0.5) is 0 Å². The topological polar surface area (TPSA) is 0 Å². The number of rotatable bonds is 1. The Hall–Kier alpha value is 0.0649. The molecule has 2 fully saturated rings. The minimum Gasteiger partial charge on any atom is -0.0769 e. The van der Waals surface area contributed by atoms with E-state index in [0.717, 1.165) is 17.8 Å². The molecule has 0 nitrogen and oxygen atoms in total. The monoisotopic (exact) mass is 134 g/mol. The van der Waals surface area contributed by atoms with E-state index >= 15 is 0 Å². The van der Waals surface area contributed by atoms with Crippen molar-refractivity contribution in [2.24, 2.45) is 17.8 Å². The van der Waals surface area contributed by atoms with Crippen molar-refractivity contribution in [1.82, 2.24) is 0 Å². The fourth-order valence-corrected chi connectivity index (χ4v) is 3.16. The van der Waals surface area contributed by atoms with Gasteiger partial charge in [-0.25, -0.2) is 0 Å². The van der Waals surface area contributed by atoms with Crippen molar-refractivity contribution < 1.29 is 0 Å². The molecule has 2 saturated carbocycles. The van der Waals surface area contributed by atoms with Crippen LogP contribution < -0.4 is 0 Å². The molecule has 0 spiro atoms. The van der Waals surface area contributed by atoms with Crippen LogP contribution in [-0.4, -0.2) is 7.85 Å². The molecule has 0 aromatic heterocycles. The van der Waals surface area contributed by atoms with Crippen LogP contribution in [0.15, 0.2) is 0 Å². The van der Waals surface area contributed by atoms with Gasteiger partial charge in [0.05, 0.1) is 7.85 Å². The van der Waals surface area contributed by atoms with E-state index in [9.17, 15) is 0 Å². The van der Waals surface area contributed by atoms with Crippen molar-refractivity contribution in [3.05, 3.63) is 0 Å². The molecule has 10 heavy (non-hydrogen) atoms. The quantitative estimate of drug-likeness (QED) is 0.483. The second kappa shape index (κ2) is 2.28. The molecule has 0 aliphatic heterocycles. The van der Waals surface area contributed by atoms with Gasteiger partial charge >= 0.3 is 0 Å². The molecule has 2 bridgehead atoms. The molecule has 0 saturated heterocycles. The first kappa shape index (κ1) is 6.76. The molecule has 1 unspecified atom stereocenters. The highest BCUT2D eigenvalue weighted by atomic mass is 14.5. The highest BCUT2D eigenvalue weighted by Gasteiger charge is 2.42. The maximum absolute atomic E-state index is 5.92. The second-order valence-electron chi connectivity index (χ2n) is 4.11. The Labute approximate surface area is 64.8 Å². The zero-order chi connectivity index (χ0) is 7.14. The van der Waals surface area contributed by atoms with Crippen molar-refractivity contribution >= 4 is 7.85 Å². The minimum absolute atomic E-state index is 0.458. The first-order valence-corrected chi connectivity index (χ1v) is 4.54. The van der Waals surface area contributed by atoms with Gasteiger partial charge in [0, 0.05) is 0 Å². The molecule has 2 aliphatic rings. The lowest BCUT2D eigenvalue weighted by molar-refractivity contribution is 0.394. The Morgan fingerprint density at radius 2 is 1.50 bits per heavy atom. The summed E-state index contributed by atoms with van der Waals surface area (Å²) in [5, 5.41) is 0. The van der Waals surface area contributed by atoms with E-state index < -0.39 is 0 Å². The van der Waals surface area contributed by atoms with E-state index in [1.165, 1.54) is 25.7 Å². The number of hydrogen-bond acceptors (Lipinski definition) is 0. The maximum Gasteiger partial charge on any atom is 0.0699 e. The van der Waals surface area contributed by atoms with Gasteiger partial charge in [-0.15, -0.1) is 0 Å². The number of fused-ring (bicyclic) bond motifs is 2. The smallest absolute Gasteiger partial charge is 0.0699 e. The summed E-state index contributed by atoms with van der Waals surface area (Å²) < 4.78 is 0. The fraction of sp³-hybridized carbons (Fsp3) is 1.00. The summed E-state index contributed by atoms with van der Waals surface area (Å²) in [4.78, 5) is 0. The van der Waals surface area contributed by atoms with Crippen LogP contribution in [0.5, 0.6) is 0 Å². The average molecular weight is 134 g/mol. The molecule has 0 N–H and O–H groups in total. The Bertz CT molecular complexity index is 111. The molecular formula is C9H15B. The second-order valence-corrected chi connectivity index (χ2v) is 4.11. The van der Waals surface area contributed by atoms with Crippen molar-refractivity contribution in [2.45, 2.75) is 38.4 Å². The predicted octanol–water partition coefficient (Wildman–Crippen LogP) is 2.40. The SMILES string of the molecule is [B]C(C)C1C2CCC1CC2. The summed E-state index contributed by atoms with van der Waals surface area (Å²) in [6.07, 6.45) is 5.88. The summed E-state index contributed by atoms with van der Waals surface area (Å²) in [7, 11) is 5.92. The van der Waals surface area contributed by atoms with Crippen molar-refractivity contribution in [3.63, 3.8) is 0 Å². The van der Waals surface area contributed by atoms with Gasteiger partial charge in [-0.3, -0.25) is 0 Å². The molecule has 54 valence electrons. The van der Waals surface area contributed by atoms with Crippen LogP contribution in [0, 0.1) is 17.8 Å². The first-order chi connectivity index (χ1) is 4.79. The van der Waals surface area contributed by atoms with Gasteiger partial charge in [-0.2, -0.15) is 0 Å². The zero-order valence-electron chi connectivity index (χ0n) is 6.72. The third kappa shape index (κ3) is 0.827. The van der Waals surface area contributed by atoms with Crippen molar-refractivity contribution in [3.8, 4) is 0 Å². The van der Waals surface area contributed by atoms with Gasteiger partial charge in [0.15, 0.2) is 0 Å². The van der Waals surface area contributed by atoms with Gasteiger partial charge in [0.2, 0.25) is 0 Å². The predicted molar refractivity (Wildman–Crippen MR) is 44.1 cm³/mol. The third-order valence-corrected chi connectivity index (χ3v) is 3.51. The average Bonchev–Trinajstić information content (AvgIpc) is 2.43. The highest BCUT2D eigenvalue weighted by Crippen LogP contribution is 2.53. The summed E-state index contributed by atoms with van der Waals surface area (Å²) in [6, 6.07) is 0. The molecule has 2 aliphatic carbocycles. The van der Waals surface area contributed by atoms with E-state index in [0.29, 0.717) is 5.82 Å².